The van der Waals surface area contributed by atoms with Crippen LogP contribution in [0.25, 0.3) is 11.5 Å². The Kier molecular flexibility index (Phi) is 7.81. The fourth-order valence-corrected chi connectivity index (χ4v) is 6.12. The summed E-state index contributed by atoms with van der Waals surface area (Å²) < 4.78 is 43.8. The van der Waals surface area contributed by atoms with Crippen molar-refractivity contribution in [1.82, 2.24) is 29.4 Å². The number of carbonyl (C=O) groups excluding carboxylic acids is 2. The molecule has 13 heteroatoms. The van der Waals surface area contributed by atoms with E-state index >= 15 is 0 Å². The molecule has 0 fully saturated rings. The minimum atomic E-state index is -4.65. The lowest BCUT2D eigenvalue weighted by atomic mass is 9.98. The maximum atomic E-state index is 14.3. The molecule has 3 aromatic heterocycles. The highest BCUT2D eigenvalue weighted by molar-refractivity contribution is 9.10. The number of nitrogens with one attached hydrogen (secondary N) is 1. The molecule has 230 valence electrons. The van der Waals surface area contributed by atoms with E-state index in [1.807, 2.05) is 30.3 Å². The van der Waals surface area contributed by atoms with E-state index in [2.05, 4.69) is 31.3 Å². The number of hydrogen-bond acceptors (Lipinski definition) is 5. The second-order valence-electron chi connectivity index (χ2n) is 10.8. The molecular formula is C32H26BrF3N6O3. The molecule has 45 heavy (non-hydrogen) atoms. The van der Waals surface area contributed by atoms with Crippen molar-refractivity contribution in [2.45, 2.75) is 38.5 Å². The Morgan fingerprint density at radius 1 is 1.04 bits per heavy atom. The molecule has 0 saturated heterocycles. The number of amides is 2. The lowest BCUT2D eigenvalue weighted by Gasteiger charge is -2.35. The van der Waals surface area contributed by atoms with Crippen LogP contribution in [0.3, 0.4) is 0 Å². The smallest absolute Gasteiger partial charge is 0.355 e. The Morgan fingerprint density at radius 3 is 2.44 bits per heavy atom. The maximum absolute atomic E-state index is 14.3. The van der Waals surface area contributed by atoms with Crippen molar-refractivity contribution in [3.8, 4) is 5.82 Å². The van der Waals surface area contributed by atoms with Gasteiger partial charge in [0.25, 0.3) is 17.4 Å². The summed E-state index contributed by atoms with van der Waals surface area (Å²) in [6.45, 7) is 1.70. The van der Waals surface area contributed by atoms with Crippen LogP contribution >= 0.6 is 15.9 Å². The first kappa shape index (κ1) is 30.3. The second-order valence-corrected chi connectivity index (χ2v) is 11.7. The van der Waals surface area contributed by atoms with Gasteiger partial charge in [-0.2, -0.15) is 18.3 Å². The molecule has 2 aromatic carbocycles. The molecule has 5 aromatic rings. The number of pyridine rings is 1. The minimum Gasteiger partial charge on any atom is -0.355 e. The van der Waals surface area contributed by atoms with E-state index < -0.39 is 23.7 Å². The summed E-state index contributed by atoms with van der Waals surface area (Å²) in [5.74, 6) is -0.625. The molecule has 0 spiro atoms. The van der Waals surface area contributed by atoms with Crippen molar-refractivity contribution in [2.24, 2.45) is 0 Å². The van der Waals surface area contributed by atoms with Crippen LogP contribution in [0.5, 0.6) is 0 Å². The fraction of sp³-hybridized carbons (Fsp3) is 0.219. The first-order valence-electron chi connectivity index (χ1n) is 14.0. The van der Waals surface area contributed by atoms with Gasteiger partial charge < -0.3 is 10.2 Å². The summed E-state index contributed by atoms with van der Waals surface area (Å²) >= 11 is 2.93. The van der Waals surface area contributed by atoms with Crippen LogP contribution in [0.15, 0.2) is 82.3 Å². The van der Waals surface area contributed by atoms with Crippen molar-refractivity contribution in [3.05, 3.63) is 127 Å². The number of nitrogens with zero attached hydrogens (tertiary/aromatic N) is 5. The molecule has 4 heterocycles. The molecule has 1 aliphatic rings. The number of hydrogen-bond donors (Lipinski definition) is 1. The average Bonchev–Trinajstić information content (AvgIpc) is 3.43. The number of rotatable bonds is 5. The molecule has 1 aliphatic heterocycles. The zero-order valence-electron chi connectivity index (χ0n) is 24.1. The van der Waals surface area contributed by atoms with E-state index in [4.69, 9.17) is 0 Å². The van der Waals surface area contributed by atoms with Gasteiger partial charge in [0.05, 0.1) is 29.6 Å². The third-order valence-corrected chi connectivity index (χ3v) is 8.62. The number of benzene rings is 2. The summed E-state index contributed by atoms with van der Waals surface area (Å²) in [4.78, 5) is 46.0. The van der Waals surface area contributed by atoms with Gasteiger partial charge in [0.1, 0.15) is 11.5 Å². The third kappa shape index (κ3) is 5.52. The van der Waals surface area contributed by atoms with Gasteiger partial charge in [-0.25, -0.2) is 14.1 Å². The van der Waals surface area contributed by atoms with Crippen LogP contribution in [0.4, 0.5) is 13.2 Å². The highest BCUT2D eigenvalue weighted by Crippen LogP contribution is 2.36. The van der Waals surface area contributed by atoms with Crippen LogP contribution in [-0.2, 0) is 25.6 Å². The minimum absolute atomic E-state index is 0.0468. The summed E-state index contributed by atoms with van der Waals surface area (Å²) in [6.07, 6.45) is -1.02. The van der Waals surface area contributed by atoms with Crippen LogP contribution in [0.2, 0.25) is 0 Å². The number of carbonyl (C=O) groups is 2. The Bertz CT molecular complexity index is 2010. The zero-order valence-corrected chi connectivity index (χ0v) is 25.7. The van der Waals surface area contributed by atoms with E-state index in [-0.39, 0.29) is 40.3 Å². The SMILES string of the molecule is CNC(=O)c1ccc(-n2c(=O)c3c(n4ncc(Cc5ccccc5)c24)CN(C(=O)c2ccc(Br)c(C(F)(F)F)c2)[C@H](C)C3)nc1. The zero-order chi connectivity index (χ0) is 32.0. The second kappa shape index (κ2) is 11.6. The van der Waals surface area contributed by atoms with Gasteiger partial charge in [0.15, 0.2) is 0 Å². The van der Waals surface area contributed by atoms with Crippen LogP contribution < -0.4 is 10.9 Å². The first-order valence-corrected chi connectivity index (χ1v) is 14.8. The van der Waals surface area contributed by atoms with E-state index in [9.17, 15) is 27.6 Å². The highest BCUT2D eigenvalue weighted by Gasteiger charge is 2.36. The maximum Gasteiger partial charge on any atom is 0.417 e. The lowest BCUT2D eigenvalue weighted by Crippen LogP contribution is -2.46. The van der Waals surface area contributed by atoms with Gasteiger partial charge in [-0.05, 0) is 49.2 Å². The molecule has 9 nitrogen and oxygen atoms in total. The van der Waals surface area contributed by atoms with Crippen LogP contribution in [-0.4, -0.2) is 49.0 Å². The highest BCUT2D eigenvalue weighted by atomic mass is 79.9. The summed E-state index contributed by atoms with van der Waals surface area (Å²) in [6, 6.07) is 15.7. The van der Waals surface area contributed by atoms with E-state index in [1.165, 1.54) is 34.8 Å². The molecule has 1 N–H and O–H groups in total. The molecule has 0 radical (unpaired) electrons. The van der Waals surface area contributed by atoms with Crippen molar-refractivity contribution >= 4 is 33.4 Å². The van der Waals surface area contributed by atoms with Crippen LogP contribution in [0, 0.1) is 0 Å². The third-order valence-electron chi connectivity index (χ3n) is 7.93. The number of alkyl halides is 3. The van der Waals surface area contributed by atoms with Gasteiger partial charge in [-0.15, -0.1) is 0 Å². The topological polar surface area (TPSA) is 102 Å². The summed E-state index contributed by atoms with van der Waals surface area (Å²) in [5, 5.41) is 7.18. The largest absolute Gasteiger partial charge is 0.417 e. The van der Waals surface area contributed by atoms with Gasteiger partial charge in [-0.3, -0.25) is 14.4 Å². The molecular weight excluding hydrogens is 653 g/mol. The van der Waals surface area contributed by atoms with Crippen molar-refractivity contribution < 1.29 is 22.8 Å². The predicted molar refractivity (Wildman–Crippen MR) is 163 cm³/mol. The Labute approximate surface area is 263 Å². The molecule has 0 aliphatic carbocycles. The number of aromatic nitrogens is 4. The van der Waals surface area contributed by atoms with Gasteiger partial charge in [0, 0.05) is 46.9 Å². The predicted octanol–water partition coefficient (Wildman–Crippen LogP) is 5.20. The molecule has 0 saturated carbocycles. The quantitative estimate of drug-likeness (QED) is 0.276. The van der Waals surface area contributed by atoms with Gasteiger partial charge in [0.2, 0.25) is 0 Å². The van der Waals surface area contributed by atoms with Crippen LogP contribution in [0.1, 0.15) is 55.6 Å². The number of fused-ring (bicyclic) bond motifs is 3. The lowest BCUT2D eigenvalue weighted by molar-refractivity contribution is -0.138. The molecule has 0 unspecified atom stereocenters. The Balaban J connectivity index is 1.49. The van der Waals surface area contributed by atoms with E-state index in [0.717, 1.165) is 17.2 Å². The van der Waals surface area contributed by atoms with Gasteiger partial charge >= 0.3 is 6.18 Å². The standard InChI is InChI=1S/C32H26BrF3N6O3/c1-18-12-23-26(17-40(18)30(44)20-8-10-25(33)24(14-20)32(34,35)36)42-29(22(16-39-42)13-19-6-4-3-5-7-19)41(31(23)45)27-11-9-21(15-38-27)28(43)37-2/h3-11,14-16,18H,12-13,17H2,1-2H3,(H,37,43)/t18-/m1/s1. The van der Waals surface area contributed by atoms with Crippen molar-refractivity contribution in [1.29, 1.82) is 0 Å². The Morgan fingerprint density at radius 2 is 1.78 bits per heavy atom. The van der Waals surface area contributed by atoms with E-state index in [1.54, 1.807) is 29.8 Å². The average molecular weight is 679 g/mol. The van der Waals surface area contributed by atoms with Gasteiger partial charge in [-0.1, -0.05) is 46.3 Å². The molecule has 0 bridgehead atoms. The normalized spacial score (nSPS) is 14.8. The number of halogens is 4. The summed E-state index contributed by atoms with van der Waals surface area (Å²) in [7, 11) is 1.51. The van der Waals surface area contributed by atoms with Crippen molar-refractivity contribution in [3.63, 3.8) is 0 Å². The molecule has 2 amide bonds. The molecule has 1 atom stereocenters. The fourth-order valence-electron chi connectivity index (χ4n) is 5.65. The Hall–Kier alpha value is -4.78. The van der Waals surface area contributed by atoms with Crippen molar-refractivity contribution in [2.75, 3.05) is 7.05 Å². The first-order chi connectivity index (χ1) is 21.5. The monoisotopic (exact) mass is 678 g/mol. The van der Waals surface area contributed by atoms with E-state index in [0.29, 0.717) is 28.9 Å². The summed E-state index contributed by atoms with van der Waals surface area (Å²) in [5.41, 5.74) is 1.93. The molecule has 6 rings (SSSR count).